The Labute approximate surface area is 161 Å². The molecule has 6 nitrogen and oxygen atoms in total. The van der Waals surface area contributed by atoms with Gasteiger partial charge in [0.25, 0.3) is 0 Å². The molecule has 148 valence electrons. The van der Waals surface area contributed by atoms with E-state index in [2.05, 4.69) is 53.2 Å². The van der Waals surface area contributed by atoms with Crippen LogP contribution in [0.3, 0.4) is 0 Å². The van der Waals surface area contributed by atoms with Crippen molar-refractivity contribution in [3.8, 4) is 0 Å². The smallest absolute Gasteiger partial charge is 0.249 e. The molecule has 3 aliphatic rings. The number of hydrogen-bond acceptors (Lipinski definition) is 5. The van der Waals surface area contributed by atoms with E-state index in [1.807, 2.05) is 0 Å². The summed E-state index contributed by atoms with van der Waals surface area (Å²) in [6.07, 6.45) is 0.409. The van der Waals surface area contributed by atoms with Gasteiger partial charge in [-0.05, 0) is 31.9 Å². The molecule has 0 saturated carbocycles. The van der Waals surface area contributed by atoms with Gasteiger partial charge in [0, 0.05) is 49.9 Å². The van der Waals surface area contributed by atoms with E-state index in [0.717, 1.165) is 45.8 Å². The first-order valence-corrected chi connectivity index (χ1v) is 10.1. The zero-order chi connectivity index (χ0) is 18.9. The van der Waals surface area contributed by atoms with E-state index in [4.69, 9.17) is 9.47 Å². The molecule has 0 aromatic heterocycles. The highest BCUT2D eigenvalue weighted by Gasteiger charge is 2.50. The molecule has 4 rings (SSSR count). The van der Waals surface area contributed by atoms with Crippen LogP contribution < -0.4 is 10.2 Å². The molecule has 1 N–H and O–H groups in total. The zero-order valence-corrected chi connectivity index (χ0v) is 16.4. The molecule has 3 aliphatic heterocycles. The molecule has 3 heterocycles. The third-order valence-electron chi connectivity index (χ3n) is 6.14. The van der Waals surface area contributed by atoms with Crippen molar-refractivity contribution in [3.05, 3.63) is 29.8 Å². The van der Waals surface area contributed by atoms with Crippen molar-refractivity contribution in [2.45, 2.75) is 37.8 Å². The maximum atomic E-state index is 12.7. The van der Waals surface area contributed by atoms with Crippen molar-refractivity contribution in [2.24, 2.45) is 0 Å². The van der Waals surface area contributed by atoms with Gasteiger partial charge in [-0.15, -0.1) is 0 Å². The minimum Gasteiger partial charge on any atom is -0.379 e. The summed E-state index contributed by atoms with van der Waals surface area (Å²) in [6, 6.07) is 9.03. The van der Waals surface area contributed by atoms with Crippen LogP contribution in [0.15, 0.2) is 24.3 Å². The monoisotopic (exact) mass is 373 g/mol. The molecule has 2 atom stereocenters. The van der Waals surface area contributed by atoms with Crippen molar-refractivity contribution < 1.29 is 14.3 Å². The Morgan fingerprint density at radius 3 is 2.85 bits per heavy atom. The summed E-state index contributed by atoms with van der Waals surface area (Å²) >= 11 is 0. The lowest BCUT2D eigenvalue weighted by Gasteiger charge is -2.27. The number of carbonyl (C=O) groups excluding carboxylic acids is 1. The number of rotatable bonds is 5. The van der Waals surface area contributed by atoms with E-state index in [9.17, 15) is 4.79 Å². The molecule has 0 bridgehead atoms. The predicted molar refractivity (Wildman–Crippen MR) is 105 cm³/mol. The molecule has 6 heteroatoms. The van der Waals surface area contributed by atoms with Gasteiger partial charge in [0.1, 0.15) is 6.10 Å². The van der Waals surface area contributed by atoms with Crippen LogP contribution in [0.1, 0.15) is 25.8 Å². The van der Waals surface area contributed by atoms with Crippen molar-refractivity contribution in [3.63, 3.8) is 0 Å². The number of nitrogens with one attached hydrogen (secondary N) is 1. The Morgan fingerprint density at radius 2 is 2.07 bits per heavy atom. The number of anilines is 1. The average molecular weight is 373 g/mol. The lowest BCUT2D eigenvalue weighted by molar-refractivity contribution is -0.130. The van der Waals surface area contributed by atoms with Crippen molar-refractivity contribution in [2.75, 3.05) is 57.4 Å². The van der Waals surface area contributed by atoms with Gasteiger partial charge in [-0.3, -0.25) is 9.69 Å². The first-order valence-electron chi connectivity index (χ1n) is 10.1. The number of fused-ring (bicyclic) bond motifs is 2. The Kier molecular flexibility index (Phi) is 5.39. The summed E-state index contributed by atoms with van der Waals surface area (Å²) in [7, 11) is 0. The van der Waals surface area contributed by atoms with E-state index >= 15 is 0 Å². The lowest BCUT2D eigenvalue weighted by atomic mass is 9.80. The summed E-state index contributed by atoms with van der Waals surface area (Å²) in [5.74, 6) is 0.0283. The molecule has 27 heavy (non-hydrogen) atoms. The Balaban J connectivity index is 1.36. The normalized spacial score (nSPS) is 28.1. The number of hydrogen-bond donors (Lipinski definition) is 1. The Bertz CT molecular complexity index is 674. The standard InChI is InChI=1S/C21H31N3O3/c1-16(2)24-14-21(17-5-3-4-6-18(17)24)13-19(27-15-21)20(25)22-7-8-23-9-11-26-12-10-23/h3-6,16,19H,7-15H2,1-2H3,(H,22,25)/t19-,21-/m0/s1. The average Bonchev–Trinajstić information content (AvgIpc) is 3.26. The molecule has 1 aromatic rings. The maximum absolute atomic E-state index is 12.7. The molecular formula is C21H31N3O3. The van der Waals surface area contributed by atoms with Gasteiger partial charge in [0.15, 0.2) is 0 Å². The fourth-order valence-corrected chi connectivity index (χ4v) is 4.60. The first kappa shape index (κ1) is 18.7. The van der Waals surface area contributed by atoms with Crippen LogP contribution in [0.2, 0.25) is 0 Å². The number of nitrogens with zero attached hydrogens (tertiary/aromatic N) is 2. The molecule has 1 amide bonds. The van der Waals surface area contributed by atoms with Crippen LogP contribution in [0, 0.1) is 0 Å². The minimum atomic E-state index is -0.352. The van der Waals surface area contributed by atoms with Crippen molar-refractivity contribution >= 4 is 11.6 Å². The molecule has 0 radical (unpaired) electrons. The Hall–Kier alpha value is -1.63. The molecule has 2 saturated heterocycles. The largest absolute Gasteiger partial charge is 0.379 e. The fraction of sp³-hybridized carbons (Fsp3) is 0.667. The molecule has 0 unspecified atom stereocenters. The van der Waals surface area contributed by atoms with E-state index in [1.54, 1.807) is 0 Å². The van der Waals surface area contributed by atoms with Gasteiger partial charge in [0.05, 0.1) is 19.8 Å². The summed E-state index contributed by atoms with van der Waals surface area (Å²) in [5.41, 5.74) is 2.57. The van der Waals surface area contributed by atoms with Crippen LogP contribution in [0.5, 0.6) is 0 Å². The summed E-state index contributed by atoms with van der Waals surface area (Å²) in [6.45, 7) is 11.0. The number of amides is 1. The second kappa shape index (κ2) is 7.78. The number of benzene rings is 1. The molecular weight excluding hydrogens is 342 g/mol. The van der Waals surface area contributed by atoms with Crippen LogP contribution in [0.4, 0.5) is 5.69 Å². The molecule has 0 aliphatic carbocycles. The van der Waals surface area contributed by atoms with E-state index in [-0.39, 0.29) is 17.4 Å². The van der Waals surface area contributed by atoms with Crippen molar-refractivity contribution in [1.29, 1.82) is 0 Å². The van der Waals surface area contributed by atoms with Gasteiger partial charge in [-0.1, -0.05) is 18.2 Å². The fourth-order valence-electron chi connectivity index (χ4n) is 4.60. The highest BCUT2D eigenvalue weighted by Crippen LogP contribution is 2.47. The van der Waals surface area contributed by atoms with E-state index < -0.39 is 0 Å². The predicted octanol–water partition coefficient (Wildman–Crippen LogP) is 1.39. The second-order valence-corrected chi connectivity index (χ2v) is 8.27. The highest BCUT2D eigenvalue weighted by molar-refractivity contribution is 5.81. The number of para-hydroxylation sites is 1. The summed E-state index contributed by atoms with van der Waals surface area (Å²) in [5, 5.41) is 3.08. The molecule has 2 fully saturated rings. The number of ether oxygens (including phenoxy) is 2. The summed E-state index contributed by atoms with van der Waals surface area (Å²) < 4.78 is 11.4. The Morgan fingerprint density at radius 1 is 1.30 bits per heavy atom. The maximum Gasteiger partial charge on any atom is 0.249 e. The first-order chi connectivity index (χ1) is 13.1. The number of morpholine rings is 1. The van der Waals surface area contributed by atoms with Crippen LogP contribution in [-0.2, 0) is 19.7 Å². The zero-order valence-electron chi connectivity index (χ0n) is 16.4. The summed E-state index contributed by atoms with van der Waals surface area (Å²) in [4.78, 5) is 17.4. The third kappa shape index (κ3) is 3.71. The van der Waals surface area contributed by atoms with Crippen LogP contribution in [-0.4, -0.2) is 75.5 Å². The van der Waals surface area contributed by atoms with Gasteiger partial charge < -0.3 is 19.7 Å². The lowest BCUT2D eigenvalue weighted by Crippen LogP contribution is -2.43. The van der Waals surface area contributed by atoms with Gasteiger partial charge >= 0.3 is 0 Å². The third-order valence-corrected chi connectivity index (χ3v) is 6.14. The topological polar surface area (TPSA) is 54.0 Å². The molecule has 1 aromatic carbocycles. The highest BCUT2D eigenvalue weighted by atomic mass is 16.5. The second-order valence-electron chi connectivity index (χ2n) is 8.27. The quantitative estimate of drug-likeness (QED) is 0.845. The van der Waals surface area contributed by atoms with E-state index in [0.29, 0.717) is 19.2 Å². The van der Waals surface area contributed by atoms with Gasteiger partial charge in [-0.2, -0.15) is 0 Å². The van der Waals surface area contributed by atoms with E-state index in [1.165, 1.54) is 11.3 Å². The van der Waals surface area contributed by atoms with Gasteiger partial charge in [-0.25, -0.2) is 0 Å². The van der Waals surface area contributed by atoms with Crippen LogP contribution >= 0.6 is 0 Å². The van der Waals surface area contributed by atoms with Gasteiger partial charge in [0.2, 0.25) is 5.91 Å². The van der Waals surface area contributed by atoms with Crippen molar-refractivity contribution in [1.82, 2.24) is 10.2 Å². The SMILES string of the molecule is CC(C)N1C[C@@]2(CO[C@H](C(=O)NCCN3CCOCC3)C2)c2ccccc21. The number of carbonyl (C=O) groups is 1. The molecule has 1 spiro atoms. The minimum absolute atomic E-state index is 0.0283. The van der Waals surface area contributed by atoms with Crippen LogP contribution in [0.25, 0.3) is 0 Å².